The fourth-order valence-corrected chi connectivity index (χ4v) is 2.05. The summed E-state index contributed by atoms with van der Waals surface area (Å²) >= 11 is 0. The fourth-order valence-electron chi connectivity index (χ4n) is 2.05. The number of aryl methyl sites for hydroxylation is 2. The molecule has 0 fully saturated rings. The summed E-state index contributed by atoms with van der Waals surface area (Å²) in [6.45, 7) is 11.0. The van der Waals surface area contributed by atoms with E-state index in [4.69, 9.17) is 9.47 Å². The lowest BCUT2D eigenvalue weighted by Gasteiger charge is -2.16. The average molecular weight is 265 g/mol. The van der Waals surface area contributed by atoms with Gasteiger partial charge in [-0.25, -0.2) is 0 Å². The zero-order valence-electron chi connectivity index (χ0n) is 12.9. The monoisotopic (exact) mass is 265 g/mol. The van der Waals surface area contributed by atoms with Crippen LogP contribution in [-0.2, 0) is 11.3 Å². The van der Waals surface area contributed by atoms with Crippen molar-refractivity contribution in [3.8, 4) is 5.75 Å². The highest BCUT2D eigenvalue weighted by Crippen LogP contribution is 2.25. The van der Waals surface area contributed by atoms with Crippen molar-refractivity contribution in [3.63, 3.8) is 0 Å². The molecule has 0 heterocycles. The van der Waals surface area contributed by atoms with Crippen molar-refractivity contribution >= 4 is 0 Å². The highest BCUT2D eigenvalue weighted by atomic mass is 16.5. The van der Waals surface area contributed by atoms with Gasteiger partial charge in [0.05, 0.1) is 6.10 Å². The van der Waals surface area contributed by atoms with Crippen LogP contribution in [0, 0.1) is 13.8 Å². The molecule has 0 aliphatic rings. The van der Waals surface area contributed by atoms with Crippen LogP contribution in [0.1, 0.15) is 37.0 Å². The molecule has 1 aromatic carbocycles. The Bertz CT molecular complexity index is 367. The third-order valence-corrected chi connectivity index (χ3v) is 3.14. The topological polar surface area (TPSA) is 30.5 Å². The van der Waals surface area contributed by atoms with Crippen LogP contribution in [0.5, 0.6) is 5.75 Å². The predicted molar refractivity (Wildman–Crippen MR) is 79.9 cm³/mol. The minimum absolute atomic E-state index is 0.115. The third kappa shape index (κ3) is 5.21. The van der Waals surface area contributed by atoms with E-state index in [1.165, 1.54) is 16.7 Å². The van der Waals surface area contributed by atoms with Gasteiger partial charge in [0.1, 0.15) is 12.4 Å². The lowest BCUT2D eigenvalue weighted by molar-refractivity contribution is 0.0711. The van der Waals surface area contributed by atoms with Crippen LogP contribution in [0.25, 0.3) is 0 Å². The van der Waals surface area contributed by atoms with E-state index in [-0.39, 0.29) is 6.10 Å². The number of benzene rings is 1. The average Bonchev–Trinajstić information content (AvgIpc) is 2.37. The standard InChI is InChI=1S/C16H27NO2/c1-6-7-17-10-15-8-12(2)16(13(3)9-15)19-11-14(4)18-5/h8-9,14,17H,6-7,10-11H2,1-5H3. The molecule has 0 aliphatic heterocycles. The molecular formula is C16H27NO2. The summed E-state index contributed by atoms with van der Waals surface area (Å²) in [5.74, 6) is 0.989. The van der Waals surface area contributed by atoms with Gasteiger partial charge in [0.2, 0.25) is 0 Å². The van der Waals surface area contributed by atoms with Gasteiger partial charge >= 0.3 is 0 Å². The first-order chi connectivity index (χ1) is 9.08. The van der Waals surface area contributed by atoms with Gasteiger partial charge in [-0.2, -0.15) is 0 Å². The van der Waals surface area contributed by atoms with Crippen molar-refractivity contribution in [3.05, 3.63) is 28.8 Å². The lowest BCUT2D eigenvalue weighted by Crippen LogP contribution is -2.17. The van der Waals surface area contributed by atoms with Crippen LogP contribution in [-0.4, -0.2) is 26.4 Å². The molecule has 0 spiro atoms. The molecule has 1 aromatic rings. The summed E-state index contributed by atoms with van der Waals surface area (Å²) in [6, 6.07) is 4.39. The minimum atomic E-state index is 0.115. The molecule has 19 heavy (non-hydrogen) atoms. The van der Waals surface area contributed by atoms with Crippen molar-refractivity contribution in [1.29, 1.82) is 0 Å². The second kappa shape index (κ2) is 8.18. The second-order valence-corrected chi connectivity index (χ2v) is 5.09. The molecule has 1 rings (SSSR count). The van der Waals surface area contributed by atoms with Gasteiger partial charge in [-0.05, 0) is 50.4 Å². The molecule has 1 atom stereocenters. The van der Waals surface area contributed by atoms with Crippen LogP contribution < -0.4 is 10.1 Å². The Morgan fingerprint density at radius 2 is 1.84 bits per heavy atom. The molecule has 0 radical (unpaired) electrons. The molecule has 0 aromatic heterocycles. The molecule has 108 valence electrons. The lowest BCUT2D eigenvalue weighted by atomic mass is 10.1. The maximum absolute atomic E-state index is 5.86. The van der Waals surface area contributed by atoms with Gasteiger partial charge in [0.25, 0.3) is 0 Å². The molecule has 1 unspecified atom stereocenters. The number of hydrogen-bond donors (Lipinski definition) is 1. The van der Waals surface area contributed by atoms with E-state index >= 15 is 0 Å². The maximum Gasteiger partial charge on any atom is 0.125 e. The summed E-state index contributed by atoms with van der Waals surface area (Å²) in [4.78, 5) is 0. The first-order valence-electron chi connectivity index (χ1n) is 7.04. The largest absolute Gasteiger partial charge is 0.490 e. The van der Waals surface area contributed by atoms with Crippen molar-refractivity contribution in [2.75, 3.05) is 20.3 Å². The first kappa shape index (κ1) is 16.0. The van der Waals surface area contributed by atoms with Crippen molar-refractivity contribution in [2.24, 2.45) is 0 Å². The van der Waals surface area contributed by atoms with E-state index in [9.17, 15) is 0 Å². The van der Waals surface area contributed by atoms with Crippen LogP contribution in [0.3, 0.4) is 0 Å². The normalized spacial score (nSPS) is 12.5. The Hall–Kier alpha value is -1.06. The van der Waals surface area contributed by atoms with Crippen LogP contribution in [0.2, 0.25) is 0 Å². The van der Waals surface area contributed by atoms with Gasteiger partial charge in [-0.1, -0.05) is 19.1 Å². The van der Waals surface area contributed by atoms with Gasteiger partial charge in [-0.15, -0.1) is 0 Å². The summed E-state index contributed by atoms with van der Waals surface area (Å²) in [5, 5.41) is 3.42. The molecule has 3 heteroatoms. The Labute approximate surface area is 117 Å². The Kier molecular flexibility index (Phi) is 6.89. The van der Waals surface area contributed by atoms with E-state index in [2.05, 4.69) is 38.2 Å². The van der Waals surface area contributed by atoms with Gasteiger partial charge in [-0.3, -0.25) is 0 Å². The molecular weight excluding hydrogens is 238 g/mol. The van der Waals surface area contributed by atoms with E-state index in [0.29, 0.717) is 6.61 Å². The number of methoxy groups -OCH3 is 1. The molecule has 1 N–H and O–H groups in total. The summed E-state index contributed by atoms with van der Waals surface area (Å²) in [7, 11) is 1.70. The quantitative estimate of drug-likeness (QED) is 0.732. The van der Waals surface area contributed by atoms with Crippen molar-refractivity contribution in [1.82, 2.24) is 5.32 Å². The summed E-state index contributed by atoms with van der Waals surface area (Å²) in [5.41, 5.74) is 3.70. The molecule has 0 saturated carbocycles. The molecule has 0 bridgehead atoms. The van der Waals surface area contributed by atoms with Crippen molar-refractivity contribution in [2.45, 2.75) is 46.8 Å². The highest BCUT2D eigenvalue weighted by Gasteiger charge is 2.08. The fraction of sp³-hybridized carbons (Fsp3) is 0.625. The van der Waals surface area contributed by atoms with Gasteiger partial charge in [0.15, 0.2) is 0 Å². The number of nitrogens with one attached hydrogen (secondary N) is 1. The zero-order valence-corrected chi connectivity index (χ0v) is 12.9. The number of ether oxygens (including phenoxy) is 2. The van der Waals surface area contributed by atoms with E-state index in [1.807, 2.05) is 6.92 Å². The first-order valence-corrected chi connectivity index (χ1v) is 7.04. The molecule has 0 amide bonds. The SMILES string of the molecule is CCCNCc1cc(C)c(OCC(C)OC)c(C)c1. The Morgan fingerprint density at radius 3 is 2.37 bits per heavy atom. The van der Waals surface area contributed by atoms with E-state index in [0.717, 1.165) is 25.3 Å². The van der Waals surface area contributed by atoms with Crippen LogP contribution in [0.4, 0.5) is 0 Å². The van der Waals surface area contributed by atoms with Crippen LogP contribution in [0.15, 0.2) is 12.1 Å². The van der Waals surface area contributed by atoms with E-state index < -0.39 is 0 Å². The second-order valence-electron chi connectivity index (χ2n) is 5.09. The number of rotatable bonds is 8. The van der Waals surface area contributed by atoms with Gasteiger partial charge < -0.3 is 14.8 Å². The Balaban J connectivity index is 2.68. The smallest absolute Gasteiger partial charge is 0.125 e. The summed E-state index contributed by atoms with van der Waals surface area (Å²) < 4.78 is 11.1. The van der Waals surface area contributed by atoms with Gasteiger partial charge in [0, 0.05) is 13.7 Å². The zero-order chi connectivity index (χ0) is 14.3. The summed E-state index contributed by atoms with van der Waals surface area (Å²) in [6.07, 6.45) is 1.28. The van der Waals surface area contributed by atoms with E-state index in [1.54, 1.807) is 7.11 Å². The number of hydrogen-bond acceptors (Lipinski definition) is 3. The minimum Gasteiger partial charge on any atom is -0.490 e. The maximum atomic E-state index is 5.86. The Morgan fingerprint density at radius 1 is 1.21 bits per heavy atom. The molecule has 0 saturated heterocycles. The highest BCUT2D eigenvalue weighted by molar-refractivity contribution is 5.43. The van der Waals surface area contributed by atoms with Crippen LogP contribution >= 0.6 is 0 Å². The predicted octanol–water partition coefficient (Wildman–Crippen LogP) is 3.22. The molecule has 0 aliphatic carbocycles. The third-order valence-electron chi connectivity index (χ3n) is 3.14. The molecule has 3 nitrogen and oxygen atoms in total. The van der Waals surface area contributed by atoms with Crippen molar-refractivity contribution < 1.29 is 9.47 Å².